The molecule has 3 aliphatic carbocycles. The van der Waals surface area contributed by atoms with E-state index in [1.165, 1.54) is 34.0 Å². The van der Waals surface area contributed by atoms with Crippen molar-refractivity contribution in [3.63, 3.8) is 0 Å². The molecular formula is C58H64F2N7O5+. The summed E-state index contributed by atoms with van der Waals surface area (Å²) in [5, 5.41) is 11.0. The van der Waals surface area contributed by atoms with Crippen LogP contribution in [0.1, 0.15) is 135 Å². The first-order valence-corrected chi connectivity index (χ1v) is 25.7. The summed E-state index contributed by atoms with van der Waals surface area (Å²) in [5.74, 6) is 0.762. The summed E-state index contributed by atoms with van der Waals surface area (Å²) >= 11 is 0. The molecule has 5 atom stereocenters. The Hall–Kier alpha value is -6.67. The topological polar surface area (TPSA) is 138 Å². The highest BCUT2D eigenvalue weighted by molar-refractivity contribution is 6.05. The Morgan fingerprint density at radius 3 is 2.53 bits per heavy atom. The number of halogens is 2. The number of fused-ring (bicyclic) bond motifs is 2. The number of aromatic nitrogens is 2. The van der Waals surface area contributed by atoms with E-state index in [9.17, 15) is 23.6 Å². The number of methoxy groups -OCH3 is 1. The third-order valence-electron chi connectivity index (χ3n) is 16.3. The van der Waals surface area contributed by atoms with E-state index in [0.29, 0.717) is 53.7 Å². The van der Waals surface area contributed by atoms with Gasteiger partial charge < -0.3 is 15.4 Å². The minimum absolute atomic E-state index is 0.00613. The van der Waals surface area contributed by atoms with Crippen LogP contribution in [0.4, 0.5) is 20.2 Å². The summed E-state index contributed by atoms with van der Waals surface area (Å²) in [5.41, 5.74) is 10.2. The fourth-order valence-corrected chi connectivity index (χ4v) is 12.2. The zero-order valence-corrected chi connectivity index (χ0v) is 41.9. The lowest BCUT2D eigenvalue weighted by atomic mass is 9.74. The molecule has 1 saturated heterocycles. The van der Waals surface area contributed by atoms with Crippen molar-refractivity contribution in [1.82, 2.24) is 14.5 Å². The summed E-state index contributed by atoms with van der Waals surface area (Å²) in [6, 6.07) is 12.1. The zero-order chi connectivity index (χ0) is 50.4. The van der Waals surface area contributed by atoms with Crippen molar-refractivity contribution in [1.29, 1.82) is 0 Å². The van der Waals surface area contributed by atoms with Crippen LogP contribution in [0.3, 0.4) is 0 Å². The normalized spacial score (nSPS) is 22.8. The summed E-state index contributed by atoms with van der Waals surface area (Å²) < 4.78 is 40.0. The molecule has 1 saturated carbocycles. The van der Waals surface area contributed by atoms with Gasteiger partial charge in [-0.25, -0.2) is 8.78 Å². The van der Waals surface area contributed by atoms with Gasteiger partial charge in [0.2, 0.25) is 5.70 Å². The maximum Gasteiger partial charge on any atom is 0.257 e. The van der Waals surface area contributed by atoms with Gasteiger partial charge in [0.25, 0.3) is 5.56 Å². The van der Waals surface area contributed by atoms with E-state index in [1.807, 2.05) is 23.7 Å². The van der Waals surface area contributed by atoms with Gasteiger partial charge >= 0.3 is 0 Å². The average molecular weight is 977 g/mol. The van der Waals surface area contributed by atoms with E-state index in [-0.39, 0.29) is 64.6 Å². The maximum absolute atomic E-state index is 16.1. The molecule has 2 N–H and O–H groups in total. The number of ether oxygens (including phenoxy) is 1. The lowest BCUT2D eigenvalue weighted by Crippen LogP contribution is -2.36. The minimum atomic E-state index is -0.513. The van der Waals surface area contributed by atoms with Gasteiger partial charge in [-0.2, -0.15) is 0 Å². The van der Waals surface area contributed by atoms with Crippen LogP contribution in [0, 0.1) is 36.3 Å². The van der Waals surface area contributed by atoms with Crippen LogP contribution in [-0.4, -0.2) is 88.2 Å². The van der Waals surface area contributed by atoms with Crippen molar-refractivity contribution in [2.75, 3.05) is 44.4 Å². The van der Waals surface area contributed by atoms with Crippen LogP contribution in [0.2, 0.25) is 0 Å². The fraction of sp³-hybridized carbons (Fsp3) is 0.431. The summed E-state index contributed by atoms with van der Waals surface area (Å²) in [7, 11) is 3.23. The second kappa shape index (κ2) is 20.4. The Kier molecular flexibility index (Phi) is 13.9. The smallest absolute Gasteiger partial charge is 0.257 e. The Morgan fingerprint density at radius 1 is 0.972 bits per heavy atom. The average Bonchev–Trinajstić information content (AvgIpc) is 3.94. The lowest BCUT2D eigenvalue weighted by Gasteiger charge is -2.32. The minimum Gasteiger partial charge on any atom is -0.495 e. The second-order valence-electron chi connectivity index (χ2n) is 20.8. The van der Waals surface area contributed by atoms with Crippen LogP contribution in [0.15, 0.2) is 88.2 Å². The number of hydrogen-bond donors (Lipinski definition) is 2. The van der Waals surface area contributed by atoms with E-state index in [2.05, 4.69) is 66.0 Å². The highest BCUT2D eigenvalue weighted by atomic mass is 19.1. The van der Waals surface area contributed by atoms with Gasteiger partial charge in [-0.3, -0.25) is 33.6 Å². The molecule has 0 amide bonds. The summed E-state index contributed by atoms with van der Waals surface area (Å²) in [4.78, 5) is 58.1. The number of likely N-dealkylation sites (tertiary alicyclic amines) is 1. The molecule has 2 fully saturated rings. The third-order valence-corrected chi connectivity index (χ3v) is 16.3. The van der Waals surface area contributed by atoms with Gasteiger partial charge in [0.1, 0.15) is 23.1 Å². The number of anilines is 2. The highest BCUT2D eigenvalue weighted by Gasteiger charge is 2.36. The number of carbonyl (C=O) groups is 3. The largest absolute Gasteiger partial charge is 0.495 e. The Bertz CT molecular complexity index is 3060. The molecule has 0 spiro atoms. The molecule has 6 aliphatic rings. The van der Waals surface area contributed by atoms with Crippen molar-refractivity contribution >= 4 is 52.3 Å². The van der Waals surface area contributed by atoms with E-state index < -0.39 is 5.82 Å². The number of nitrogens with zero attached hydrogens (tertiary/aromatic N) is 5. The number of hydrazone groups is 1. The van der Waals surface area contributed by atoms with Crippen molar-refractivity contribution in [2.24, 2.45) is 22.9 Å². The summed E-state index contributed by atoms with van der Waals surface area (Å²) in [6.45, 7) is 8.89. The molecule has 2 aromatic carbocycles. The highest BCUT2D eigenvalue weighted by Crippen LogP contribution is 2.46. The predicted molar refractivity (Wildman–Crippen MR) is 278 cm³/mol. The number of rotatable bonds is 14. The standard InChI is InChI=1S/C58H63F2N7O5/c1-33-22-41(25-47(59)57(33)39-8-6-37(7-9-39)34(2)45-29-46-52(14-18-62-58(46)35(45)3)66-32-48(60)51(61-4)30-56(66)71)53(69)24-36-15-21-67-43(23-36)27-42(64-67)31-65-19-16-38(17-20-65)40-10-12-50(55(26-40)72-5)63-49-13-11-44(68)28-54(49)70/h8,10,12,14,18,21-22,25-27,29-30,32,34-38,49,63H,6-7,9,11,13,15-17,19-20,23-24,28,31H2,1-5H3/p+1/t34?,35-,36?,37?,49?/m1/s1. The van der Waals surface area contributed by atoms with E-state index in [4.69, 9.17) is 14.8 Å². The molecule has 72 heavy (non-hydrogen) atoms. The number of carbonyl (C=O) groups excluding carboxylic acids is 3. The van der Waals surface area contributed by atoms with Crippen molar-refractivity contribution in [3.8, 4) is 11.4 Å². The number of ketones is 3. The number of pyridine rings is 2. The molecule has 5 heterocycles. The Balaban J connectivity index is 0.716. The number of allylic oxidation sites excluding steroid dienone is 4. The molecule has 3 aliphatic heterocycles. The molecule has 0 radical (unpaired) electrons. The Morgan fingerprint density at radius 2 is 1.79 bits per heavy atom. The molecule has 14 heteroatoms. The summed E-state index contributed by atoms with van der Waals surface area (Å²) in [6.07, 6.45) is 18.5. The molecular weight excluding hydrogens is 913 g/mol. The number of benzene rings is 2. The number of Topliss-reactive ketones (excluding diaryl/α,β-unsaturated/α-hetero) is 3. The monoisotopic (exact) mass is 976 g/mol. The predicted octanol–water partition coefficient (Wildman–Crippen LogP) is 10.2. The van der Waals surface area contributed by atoms with Gasteiger partial charge in [-0.15, -0.1) is 0 Å². The van der Waals surface area contributed by atoms with Crippen molar-refractivity contribution in [2.45, 2.75) is 109 Å². The van der Waals surface area contributed by atoms with Crippen LogP contribution < -0.4 is 20.9 Å². The first-order chi connectivity index (χ1) is 34.7. The number of nitrogens with one attached hydrogen (secondary N) is 2. The Labute approximate surface area is 419 Å². The SMILES string of the molecule is CNc1cc(=O)n(-c2ccnc3c2C=C(C(C)C2CC=C(c4c(C)cc(C(=O)CC5CC=[N+]6N=C(CN7CCC(c8ccc(NC9CCC(=O)CC9=O)c(OC)c8)CC7)C=C6C5)cc4F)CC2)[C@H]3C)cc1F. The third kappa shape index (κ3) is 9.81. The second-order valence-corrected chi connectivity index (χ2v) is 20.8. The van der Waals surface area contributed by atoms with Crippen LogP contribution in [0.5, 0.6) is 5.75 Å². The first kappa shape index (κ1) is 48.9. The lowest BCUT2D eigenvalue weighted by molar-refractivity contribution is -0.481. The van der Waals surface area contributed by atoms with Crippen LogP contribution in [-0.2, 0) is 9.59 Å². The number of piperidine rings is 1. The van der Waals surface area contributed by atoms with Gasteiger partial charge in [0.05, 0.1) is 48.5 Å². The van der Waals surface area contributed by atoms with E-state index >= 15 is 4.39 Å². The van der Waals surface area contributed by atoms with Crippen LogP contribution in [0.25, 0.3) is 17.3 Å². The molecule has 0 bridgehead atoms. The fourth-order valence-electron chi connectivity index (χ4n) is 12.2. The molecule has 4 aromatic rings. The first-order valence-electron chi connectivity index (χ1n) is 25.7. The number of hydrogen-bond acceptors (Lipinski definition) is 10. The maximum atomic E-state index is 16.1. The van der Waals surface area contributed by atoms with Gasteiger partial charge in [-0.1, -0.05) is 42.3 Å². The van der Waals surface area contributed by atoms with E-state index in [1.54, 1.807) is 26.4 Å². The molecule has 10 rings (SSSR count). The van der Waals surface area contributed by atoms with Crippen molar-refractivity contribution in [3.05, 3.63) is 134 Å². The molecule has 12 nitrogen and oxygen atoms in total. The quantitative estimate of drug-likeness (QED) is 0.0719. The molecule has 2 aromatic heterocycles. The van der Waals surface area contributed by atoms with Gasteiger partial charge in [0.15, 0.2) is 23.6 Å². The van der Waals surface area contributed by atoms with Gasteiger partial charge in [0, 0.05) is 85.3 Å². The van der Waals surface area contributed by atoms with Gasteiger partial charge in [-0.05, 0) is 129 Å². The molecule has 4 unspecified atom stereocenters. The van der Waals surface area contributed by atoms with E-state index in [0.717, 1.165) is 104 Å². The number of aryl methyl sites for hydroxylation is 1. The zero-order valence-electron chi connectivity index (χ0n) is 41.9. The molecule has 374 valence electrons. The van der Waals surface area contributed by atoms with Crippen molar-refractivity contribution < 1.29 is 32.6 Å². The van der Waals surface area contributed by atoms with Crippen LogP contribution >= 0.6 is 0 Å².